The Bertz CT molecular complexity index is 249. The molecule has 14 heavy (non-hydrogen) atoms. The highest BCUT2D eigenvalue weighted by atomic mass is 16.5. The Kier molecular flexibility index (Phi) is 4.96. The number of methoxy groups -OCH3 is 1. The molecule has 0 fully saturated rings. The van der Waals surface area contributed by atoms with Crippen LogP contribution >= 0.6 is 0 Å². The van der Waals surface area contributed by atoms with Gasteiger partial charge in [0.1, 0.15) is 12.4 Å². The summed E-state index contributed by atoms with van der Waals surface area (Å²) in [5.41, 5.74) is 6.40. The second kappa shape index (κ2) is 6.34. The third-order valence-corrected chi connectivity index (χ3v) is 1.75. The molecular formula is C10H16N2O2. The molecule has 1 aromatic rings. The van der Waals surface area contributed by atoms with E-state index >= 15 is 0 Å². The molecule has 0 saturated heterocycles. The van der Waals surface area contributed by atoms with E-state index in [0.29, 0.717) is 19.8 Å². The maximum Gasteiger partial charge on any atom is 0.137 e. The lowest BCUT2D eigenvalue weighted by atomic mass is 10.3. The zero-order chi connectivity index (χ0) is 10.2. The molecule has 4 heteroatoms. The number of hydrogen-bond donors (Lipinski definition) is 1. The van der Waals surface area contributed by atoms with E-state index in [1.807, 2.05) is 12.1 Å². The second-order valence-corrected chi connectivity index (χ2v) is 2.87. The maximum absolute atomic E-state index is 5.41. The Balaban J connectivity index is 2.38. The fourth-order valence-corrected chi connectivity index (χ4v) is 1.03. The lowest BCUT2D eigenvalue weighted by Gasteiger charge is -2.05. The fourth-order valence-electron chi connectivity index (χ4n) is 1.03. The predicted octanol–water partition coefficient (Wildman–Crippen LogP) is 0.608. The topological polar surface area (TPSA) is 57.4 Å². The van der Waals surface area contributed by atoms with Crippen molar-refractivity contribution in [2.75, 3.05) is 26.9 Å². The minimum atomic E-state index is 0.550. The molecule has 78 valence electrons. The lowest BCUT2D eigenvalue weighted by molar-refractivity contribution is 0.146. The van der Waals surface area contributed by atoms with Crippen LogP contribution in [0.1, 0.15) is 5.69 Å². The Hall–Kier alpha value is -1.13. The van der Waals surface area contributed by atoms with Gasteiger partial charge in [0.25, 0.3) is 0 Å². The Labute approximate surface area is 84.0 Å². The van der Waals surface area contributed by atoms with Crippen LogP contribution in [0.3, 0.4) is 0 Å². The molecular weight excluding hydrogens is 180 g/mol. The van der Waals surface area contributed by atoms with Gasteiger partial charge in [-0.15, -0.1) is 0 Å². The molecule has 0 aliphatic heterocycles. The van der Waals surface area contributed by atoms with Gasteiger partial charge in [0.05, 0.1) is 12.8 Å². The average Bonchev–Trinajstić information content (AvgIpc) is 2.21. The molecule has 0 aliphatic carbocycles. The average molecular weight is 196 g/mol. The summed E-state index contributed by atoms with van der Waals surface area (Å²) in [5, 5.41) is 0. The summed E-state index contributed by atoms with van der Waals surface area (Å²) < 4.78 is 10.2. The number of nitrogens with two attached hydrogens (primary N) is 1. The molecule has 0 amide bonds. The highest BCUT2D eigenvalue weighted by molar-refractivity contribution is 5.19. The van der Waals surface area contributed by atoms with Crippen LogP contribution in [-0.2, 0) is 11.2 Å². The van der Waals surface area contributed by atoms with Crippen molar-refractivity contribution in [1.29, 1.82) is 0 Å². The molecule has 0 radical (unpaired) electrons. The highest BCUT2D eigenvalue weighted by Gasteiger charge is 1.95. The number of aromatic nitrogens is 1. The van der Waals surface area contributed by atoms with Crippen molar-refractivity contribution >= 4 is 0 Å². The first-order chi connectivity index (χ1) is 6.86. The Morgan fingerprint density at radius 3 is 2.79 bits per heavy atom. The zero-order valence-electron chi connectivity index (χ0n) is 8.40. The Morgan fingerprint density at radius 2 is 2.21 bits per heavy atom. The predicted molar refractivity (Wildman–Crippen MR) is 54.4 cm³/mol. The van der Waals surface area contributed by atoms with E-state index in [2.05, 4.69) is 4.98 Å². The fraction of sp³-hybridized carbons (Fsp3) is 0.500. The molecule has 0 bridgehead atoms. The molecule has 4 nitrogen and oxygen atoms in total. The minimum absolute atomic E-state index is 0.550. The highest BCUT2D eigenvalue weighted by Crippen LogP contribution is 2.08. The summed E-state index contributed by atoms with van der Waals surface area (Å²) in [4.78, 5) is 4.20. The van der Waals surface area contributed by atoms with Crippen molar-refractivity contribution in [2.45, 2.75) is 6.42 Å². The van der Waals surface area contributed by atoms with Crippen LogP contribution in [0.25, 0.3) is 0 Å². The quantitative estimate of drug-likeness (QED) is 0.677. The monoisotopic (exact) mass is 196 g/mol. The number of hydrogen-bond acceptors (Lipinski definition) is 4. The first kappa shape index (κ1) is 10.9. The summed E-state index contributed by atoms with van der Waals surface area (Å²) in [6.07, 6.45) is 2.51. The van der Waals surface area contributed by atoms with Crippen LogP contribution in [-0.4, -0.2) is 31.9 Å². The van der Waals surface area contributed by atoms with E-state index in [9.17, 15) is 0 Å². The minimum Gasteiger partial charge on any atom is -0.490 e. The molecule has 0 aliphatic rings. The van der Waals surface area contributed by atoms with E-state index in [0.717, 1.165) is 17.9 Å². The van der Waals surface area contributed by atoms with Gasteiger partial charge in [-0.25, -0.2) is 0 Å². The van der Waals surface area contributed by atoms with E-state index in [1.54, 1.807) is 13.3 Å². The SMILES string of the molecule is COCCOc1ccc(CCN)nc1. The molecule has 0 spiro atoms. The summed E-state index contributed by atoms with van der Waals surface area (Å²) >= 11 is 0. The molecule has 0 aromatic carbocycles. The van der Waals surface area contributed by atoms with Crippen molar-refractivity contribution in [1.82, 2.24) is 4.98 Å². The van der Waals surface area contributed by atoms with Crippen LogP contribution in [0.5, 0.6) is 5.75 Å². The van der Waals surface area contributed by atoms with E-state index in [4.69, 9.17) is 15.2 Å². The summed E-state index contributed by atoms with van der Waals surface area (Å²) in [5.74, 6) is 0.767. The van der Waals surface area contributed by atoms with Gasteiger partial charge in [0.15, 0.2) is 0 Å². The number of rotatable bonds is 6. The van der Waals surface area contributed by atoms with Crippen molar-refractivity contribution in [2.24, 2.45) is 5.73 Å². The van der Waals surface area contributed by atoms with E-state index in [1.165, 1.54) is 0 Å². The first-order valence-electron chi connectivity index (χ1n) is 4.63. The third-order valence-electron chi connectivity index (χ3n) is 1.75. The van der Waals surface area contributed by atoms with Crippen LogP contribution in [0, 0.1) is 0 Å². The Morgan fingerprint density at radius 1 is 1.36 bits per heavy atom. The van der Waals surface area contributed by atoms with Crippen LogP contribution in [0.2, 0.25) is 0 Å². The number of pyridine rings is 1. The summed E-state index contributed by atoms with van der Waals surface area (Å²) in [6, 6.07) is 3.82. The second-order valence-electron chi connectivity index (χ2n) is 2.87. The molecule has 2 N–H and O–H groups in total. The van der Waals surface area contributed by atoms with Gasteiger partial charge < -0.3 is 15.2 Å². The van der Waals surface area contributed by atoms with Gasteiger partial charge in [-0.1, -0.05) is 0 Å². The molecule has 0 unspecified atom stereocenters. The molecule has 0 saturated carbocycles. The lowest BCUT2D eigenvalue weighted by Crippen LogP contribution is -2.06. The number of nitrogens with zero attached hydrogens (tertiary/aromatic N) is 1. The third kappa shape index (κ3) is 3.72. The van der Waals surface area contributed by atoms with E-state index in [-0.39, 0.29) is 0 Å². The van der Waals surface area contributed by atoms with Crippen LogP contribution in [0.4, 0.5) is 0 Å². The van der Waals surface area contributed by atoms with Gasteiger partial charge in [-0.2, -0.15) is 0 Å². The molecule has 1 heterocycles. The molecule has 1 aromatic heterocycles. The van der Waals surface area contributed by atoms with Gasteiger partial charge >= 0.3 is 0 Å². The van der Waals surface area contributed by atoms with Crippen LogP contribution < -0.4 is 10.5 Å². The van der Waals surface area contributed by atoms with Crippen molar-refractivity contribution in [3.05, 3.63) is 24.0 Å². The smallest absolute Gasteiger partial charge is 0.137 e. The zero-order valence-corrected chi connectivity index (χ0v) is 8.40. The normalized spacial score (nSPS) is 10.1. The van der Waals surface area contributed by atoms with Crippen molar-refractivity contribution in [3.63, 3.8) is 0 Å². The first-order valence-corrected chi connectivity index (χ1v) is 4.63. The van der Waals surface area contributed by atoms with Gasteiger partial charge in [-0.3, -0.25) is 4.98 Å². The van der Waals surface area contributed by atoms with Crippen molar-refractivity contribution < 1.29 is 9.47 Å². The van der Waals surface area contributed by atoms with Crippen molar-refractivity contribution in [3.8, 4) is 5.75 Å². The molecule has 0 atom stereocenters. The number of ether oxygens (including phenoxy) is 2. The van der Waals surface area contributed by atoms with E-state index < -0.39 is 0 Å². The standard InChI is InChI=1S/C10H16N2O2/c1-13-6-7-14-10-3-2-9(4-5-11)12-8-10/h2-3,8H,4-7,11H2,1H3. The summed E-state index contributed by atoms with van der Waals surface area (Å²) in [7, 11) is 1.64. The summed E-state index contributed by atoms with van der Waals surface area (Å²) in [6.45, 7) is 1.76. The van der Waals surface area contributed by atoms with Gasteiger partial charge in [-0.05, 0) is 18.7 Å². The molecule has 1 rings (SSSR count). The maximum atomic E-state index is 5.41. The van der Waals surface area contributed by atoms with Crippen LogP contribution in [0.15, 0.2) is 18.3 Å². The van der Waals surface area contributed by atoms with Gasteiger partial charge in [0.2, 0.25) is 0 Å². The largest absolute Gasteiger partial charge is 0.490 e. The van der Waals surface area contributed by atoms with Gasteiger partial charge in [0, 0.05) is 19.2 Å².